The molecule has 0 heterocycles. The fourth-order valence-corrected chi connectivity index (χ4v) is 0.387. The van der Waals surface area contributed by atoms with Crippen LogP contribution in [0.5, 0.6) is 0 Å². The van der Waals surface area contributed by atoms with Gasteiger partial charge in [0.15, 0.2) is 0 Å². The molecule has 0 aromatic carbocycles. The van der Waals surface area contributed by atoms with Crippen LogP contribution in [0.4, 0.5) is 0 Å². The lowest BCUT2D eigenvalue weighted by Crippen LogP contribution is -2.06. The third-order valence-corrected chi connectivity index (χ3v) is 0.864. The quantitative estimate of drug-likeness (QED) is 0.533. The van der Waals surface area contributed by atoms with Crippen LogP contribution >= 0.6 is 0 Å². The first kappa shape index (κ1) is 36.0. The SMILES string of the molecule is C=C.C=C.C=C.C=C.C=C.COCCOCCOC. The minimum absolute atomic E-state index is 0.653. The molecule has 0 spiro atoms. The Hall–Kier alpha value is -1.42. The summed E-state index contributed by atoms with van der Waals surface area (Å²) in [6.45, 7) is 32.6. The van der Waals surface area contributed by atoms with Gasteiger partial charge in [-0.2, -0.15) is 0 Å². The molecule has 0 saturated heterocycles. The summed E-state index contributed by atoms with van der Waals surface area (Å²) in [5.74, 6) is 0. The van der Waals surface area contributed by atoms with Gasteiger partial charge in [-0.05, 0) is 0 Å². The van der Waals surface area contributed by atoms with Crippen LogP contribution in [0.2, 0.25) is 0 Å². The normalized spacial score (nSPS) is 5.79. The van der Waals surface area contributed by atoms with Crippen molar-refractivity contribution >= 4 is 0 Å². The summed E-state index contributed by atoms with van der Waals surface area (Å²) in [6.07, 6.45) is 0. The summed E-state index contributed by atoms with van der Waals surface area (Å²) in [6, 6.07) is 0. The number of hydrogen-bond acceptors (Lipinski definition) is 3. The maximum Gasteiger partial charge on any atom is 0.0701 e. The Morgan fingerprint density at radius 1 is 0.474 bits per heavy atom. The van der Waals surface area contributed by atoms with E-state index in [0.717, 1.165) is 0 Å². The topological polar surface area (TPSA) is 27.7 Å². The van der Waals surface area contributed by atoms with E-state index < -0.39 is 0 Å². The first-order valence-corrected chi connectivity index (χ1v) is 5.47. The van der Waals surface area contributed by atoms with Gasteiger partial charge in [-0.15, -0.1) is 65.8 Å². The highest BCUT2D eigenvalue weighted by atomic mass is 16.5. The van der Waals surface area contributed by atoms with Crippen LogP contribution in [0.25, 0.3) is 0 Å². The van der Waals surface area contributed by atoms with Gasteiger partial charge in [-0.1, -0.05) is 0 Å². The Morgan fingerprint density at radius 2 is 0.684 bits per heavy atom. The molecule has 0 aliphatic carbocycles. The first-order chi connectivity index (χ1) is 9.41. The molecule has 19 heavy (non-hydrogen) atoms. The zero-order valence-electron chi connectivity index (χ0n) is 13.1. The molecule has 116 valence electrons. The molecule has 0 saturated carbocycles. The van der Waals surface area contributed by atoms with Crippen molar-refractivity contribution in [3.63, 3.8) is 0 Å². The van der Waals surface area contributed by atoms with Gasteiger partial charge in [0.25, 0.3) is 0 Å². The van der Waals surface area contributed by atoms with Crippen molar-refractivity contribution < 1.29 is 14.2 Å². The predicted molar refractivity (Wildman–Crippen MR) is 90.8 cm³/mol. The van der Waals surface area contributed by atoms with Crippen LogP contribution < -0.4 is 0 Å². The molecule has 0 bridgehead atoms. The zero-order chi connectivity index (χ0) is 16.9. The standard InChI is InChI=1S/C6H14O3.5C2H4/c1-7-3-5-9-6-4-8-2;5*1-2/h3-6H2,1-2H3;5*1-2H2. The van der Waals surface area contributed by atoms with Gasteiger partial charge in [0.1, 0.15) is 0 Å². The lowest BCUT2D eigenvalue weighted by atomic mass is 10.7. The van der Waals surface area contributed by atoms with Crippen LogP contribution in [0.3, 0.4) is 0 Å². The van der Waals surface area contributed by atoms with Gasteiger partial charge < -0.3 is 14.2 Å². The number of methoxy groups -OCH3 is 2. The highest BCUT2D eigenvalue weighted by Gasteiger charge is 1.84. The molecule has 0 radical (unpaired) electrons. The highest BCUT2D eigenvalue weighted by Crippen LogP contribution is 1.75. The lowest BCUT2D eigenvalue weighted by molar-refractivity contribution is 0.0385. The van der Waals surface area contributed by atoms with Gasteiger partial charge in [-0.3, -0.25) is 0 Å². The summed E-state index contributed by atoms with van der Waals surface area (Å²) in [7, 11) is 3.30. The number of hydrogen-bond donors (Lipinski definition) is 0. The van der Waals surface area contributed by atoms with E-state index in [1.807, 2.05) is 0 Å². The van der Waals surface area contributed by atoms with Gasteiger partial charge in [-0.25, -0.2) is 0 Å². The summed E-state index contributed by atoms with van der Waals surface area (Å²) >= 11 is 0. The minimum Gasteiger partial charge on any atom is -0.382 e. The van der Waals surface area contributed by atoms with Crippen LogP contribution in [0, 0.1) is 0 Å². The molecule has 3 heteroatoms. The molecule has 0 fully saturated rings. The smallest absolute Gasteiger partial charge is 0.0701 e. The van der Waals surface area contributed by atoms with Crippen molar-refractivity contribution in [2.24, 2.45) is 0 Å². The van der Waals surface area contributed by atoms with Gasteiger partial charge >= 0.3 is 0 Å². The molecule has 0 unspecified atom stereocenters. The van der Waals surface area contributed by atoms with E-state index in [-0.39, 0.29) is 0 Å². The fourth-order valence-electron chi connectivity index (χ4n) is 0.387. The largest absolute Gasteiger partial charge is 0.382 e. The Labute approximate surface area is 121 Å². The Balaban J connectivity index is -0.0000000356. The van der Waals surface area contributed by atoms with Gasteiger partial charge in [0.2, 0.25) is 0 Å². The average molecular weight is 274 g/mol. The number of rotatable bonds is 6. The van der Waals surface area contributed by atoms with E-state index >= 15 is 0 Å². The molecular formula is C16H34O3. The predicted octanol–water partition coefficient (Wildman–Crippen LogP) is 4.31. The summed E-state index contributed by atoms with van der Waals surface area (Å²) in [4.78, 5) is 0. The van der Waals surface area contributed by atoms with E-state index in [4.69, 9.17) is 14.2 Å². The third-order valence-electron chi connectivity index (χ3n) is 0.864. The van der Waals surface area contributed by atoms with E-state index in [9.17, 15) is 0 Å². The lowest BCUT2D eigenvalue weighted by Gasteiger charge is -2.00. The molecule has 0 rings (SSSR count). The van der Waals surface area contributed by atoms with Crippen LogP contribution in [-0.2, 0) is 14.2 Å². The van der Waals surface area contributed by atoms with E-state index in [0.29, 0.717) is 26.4 Å². The first-order valence-electron chi connectivity index (χ1n) is 5.47. The molecule has 3 nitrogen and oxygen atoms in total. The summed E-state index contributed by atoms with van der Waals surface area (Å²) in [5, 5.41) is 0. The number of ether oxygens (including phenoxy) is 3. The molecule has 0 aliphatic heterocycles. The monoisotopic (exact) mass is 274 g/mol. The molecule has 0 amide bonds. The molecule has 0 aliphatic rings. The average Bonchev–Trinajstić information content (AvgIpc) is 2.57. The second-order valence-electron chi connectivity index (χ2n) is 1.60. The van der Waals surface area contributed by atoms with E-state index in [1.165, 1.54) is 0 Å². The molecular weight excluding hydrogens is 240 g/mol. The molecule has 0 aromatic rings. The van der Waals surface area contributed by atoms with Crippen LogP contribution in [0.15, 0.2) is 65.8 Å². The van der Waals surface area contributed by atoms with Crippen molar-refractivity contribution in [2.75, 3.05) is 40.6 Å². The maximum absolute atomic E-state index is 5.06. The molecule has 0 atom stereocenters. The summed E-state index contributed by atoms with van der Waals surface area (Å²) in [5.41, 5.74) is 0. The van der Waals surface area contributed by atoms with Crippen LogP contribution in [-0.4, -0.2) is 40.6 Å². The van der Waals surface area contributed by atoms with Crippen molar-refractivity contribution in [3.8, 4) is 0 Å². The Bertz CT molecular complexity index is 80.4. The van der Waals surface area contributed by atoms with Crippen LogP contribution in [0.1, 0.15) is 0 Å². The molecule has 0 aromatic heterocycles. The second kappa shape index (κ2) is 129. The third kappa shape index (κ3) is 168. The Kier molecular flexibility index (Phi) is 245. The second-order valence-corrected chi connectivity index (χ2v) is 1.60. The highest BCUT2D eigenvalue weighted by molar-refractivity contribution is 4.28. The van der Waals surface area contributed by atoms with Crippen molar-refractivity contribution in [2.45, 2.75) is 0 Å². The van der Waals surface area contributed by atoms with Crippen molar-refractivity contribution in [1.29, 1.82) is 0 Å². The summed E-state index contributed by atoms with van der Waals surface area (Å²) < 4.78 is 14.6. The minimum atomic E-state index is 0.653. The molecule has 0 N–H and O–H groups in total. The van der Waals surface area contributed by atoms with Crippen molar-refractivity contribution in [3.05, 3.63) is 65.8 Å². The van der Waals surface area contributed by atoms with E-state index in [2.05, 4.69) is 65.8 Å². The van der Waals surface area contributed by atoms with Gasteiger partial charge in [0.05, 0.1) is 26.4 Å². The van der Waals surface area contributed by atoms with Gasteiger partial charge in [0, 0.05) is 14.2 Å². The maximum atomic E-state index is 5.06. The van der Waals surface area contributed by atoms with Crippen molar-refractivity contribution in [1.82, 2.24) is 0 Å². The Morgan fingerprint density at radius 3 is 0.842 bits per heavy atom. The zero-order valence-corrected chi connectivity index (χ0v) is 13.1. The fraction of sp³-hybridized carbons (Fsp3) is 0.375. The van der Waals surface area contributed by atoms with E-state index in [1.54, 1.807) is 14.2 Å².